The van der Waals surface area contributed by atoms with Crippen LogP contribution in [0.3, 0.4) is 0 Å². The molecule has 2 heterocycles. The minimum atomic E-state index is -5.08. The van der Waals surface area contributed by atoms with Crippen LogP contribution in [0.15, 0.2) is 6.20 Å². The van der Waals surface area contributed by atoms with E-state index < -0.39 is 12.1 Å². The highest BCUT2D eigenvalue weighted by molar-refractivity contribution is 5.73. The topological polar surface area (TPSA) is 98.9 Å². The van der Waals surface area contributed by atoms with Crippen LogP contribution < -0.4 is 5.32 Å². The van der Waals surface area contributed by atoms with Crippen LogP contribution in [0, 0.1) is 11.3 Å². The molecule has 0 atom stereocenters. The molecule has 0 fully saturated rings. The van der Waals surface area contributed by atoms with Crippen LogP contribution in [0.25, 0.3) is 0 Å². The molecule has 0 aromatic carbocycles. The Kier molecular flexibility index (Phi) is 4.77. The predicted molar refractivity (Wildman–Crippen MR) is 55.8 cm³/mol. The van der Waals surface area contributed by atoms with Crippen molar-refractivity contribution in [1.29, 1.82) is 5.26 Å². The molecule has 6 nitrogen and oxygen atoms in total. The molecule has 19 heavy (non-hydrogen) atoms. The average molecular weight is 274 g/mol. The Morgan fingerprint density at radius 3 is 2.68 bits per heavy atom. The molecule has 0 saturated heterocycles. The molecular formula is C10H9F3N4O2. The summed E-state index contributed by atoms with van der Waals surface area (Å²) >= 11 is 0. The van der Waals surface area contributed by atoms with E-state index >= 15 is 0 Å². The molecule has 9 heteroatoms. The summed E-state index contributed by atoms with van der Waals surface area (Å²) in [4.78, 5) is 16.9. The number of fused-ring (bicyclic) bond motifs is 1. The average Bonchev–Trinajstić information content (AvgIpc) is 2.37. The van der Waals surface area contributed by atoms with E-state index in [9.17, 15) is 13.2 Å². The number of hydrogen-bond acceptors (Lipinski definition) is 5. The van der Waals surface area contributed by atoms with Crippen molar-refractivity contribution < 1.29 is 23.1 Å². The third kappa shape index (κ3) is 4.51. The largest absolute Gasteiger partial charge is 0.490 e. The van der Waals surface area contributed by atoms with E-state index in [2.05, 4.69) is 15.3 Å². The molecule has 0 saturated carbocycles. The predicted octanol–water partition coefficient (Wildman–Crippen LogP) is 0.627. The van der Waals surface area contributed by atoms with E-state index in [1.807, 2.05) is 6.07 Å². The Bertz CT molecular complexity index is 510. The lowest BCUT2D eigenvalue weighted by Crippen LogP contribution is -2.25. The minimum absolute atomic E-state index is 0.262. The van der Waals surface area contributed by atoms with Crippen molar-refractivity contribution in [1.82, 2.24) is 15.3 Å². The summed E-state index contributed by atoms with van der Waals surface area (Å²) in [5.74, 6) is -2.50. The summed E-state index contributed by atoms with van der Waals surface area (Å²) < 4.78 is 31.7. The molecule has 0 bridgehead atoms. The Labute approximate surface area is 105 Å². The number of carboxylic acid groups (broad SMARTS) is 1. The van der Waals surface area contributed by atoms with Crippen LogP contribution in [0.4, 0.5) is 13.2 Å². The van der Waals surface area contributed by atoms with E-state index in [-0.39, 0.29) is 5.82 Å². The monoisotopic (exact) mass is 274 g/mol. The number of alkyl halides is 3. The first kappa shape index (κ1) is 14.8. The van der Waals surface area contributed by atoms with Gasteiger partial charge in [-0.25, -0.2) is 14.8 Å². The van der Waals surface area contributed by atoms with E-state index in [1.165, 1.54) is 0 Å². The normalized spacial score (nSPS) is 13.6. The molecule has 2 rings (SSSR count). The molecule has 0 spiro atoms. The molecule has 0 unspecified atom stereocenters. The SMILES string of the molecule is N#Cc1ncc2c(n1)CNCC2.O=C(O)C(F)(F)F. The number of carboxylic acids is 1. The molecule has 1 aromatic heterocycles. The zero-order valence-electron chi connectivity index (χ0n) is 9.53. The van der Waals surface area contributed by atoms with Crippen molar-refractivity contribution in [3.63, 3.8) is 0 Å². The van der Waals surface area contributed by atoms with E-state index in [1.54, 1.807) is 6.20 Å². The van der Waals surface area contributed by atoms with Crippen molar-refractivity contribution in [2.24, 2.45) is 0 Å². The molecule has 102 valence electrons. The first-order valence-corrected chi connectivity index (χ1v) is 5.10. The number of rotatable bonds is 0. The number of aliphatic carboxylic acids is 1. The Morgan fingerprint density at radius 1 is 1.53 bits per heavy atom. The fourth-order valence-corrected chi connectivity index (χ4v) is 1.29. The highest BCUT2D eigenvalue weighted by Gasteiger charge is 2.38. The van der Waals surface area contributed by atoms with Crippen molar-refractivity contribution in [2.45, 2.75) is 19.1 Å². The fraction of sp³-hybridized carbons (Fsp3) is 0.400. The van der Waals surface area contributed by atoms with Crippen LogP contribution in [-0.4, -0.2) is 33.8 Å². The third-order valence-corrected chi connectivity index (χ3v) is 2.16. The highest BCUT2D eigenvalue weighted by Crippen LogP contribution is 2.13. The standard InChI is InChI=1S/C8H8N4.C2HF3O2/c9-3-8-11-4-6-1-2-10-5-7(6)12-8;3-2(4,5)1(6)7/h4,10H,1-2,5H2;(H,6,7). The zero-order chi connectivity index (χ0) is 14.5. The molecule has 0 amide bonds. The number of carbonyl (C=O) groups is 1. The maximum atomic E-state index is 10.6. The van der Waals surface area contributed by atoms with Gasteiger partial charge in [0.15, 0.2) is 0 Å². The van der Waals surface area contributed by atoms with Crippen molar-refractivity contribution in [2.75, 3.05) is 6.54 Å². The van der Waals surface area contributed by atoms with Gasteiger partial charge in [0.25, 0.3) is 0 Å². The van der Waals surface area contributed by atoms with Crippen molar-refractivity contribution in [3.05, 3.63) is 23.3 Å². The number of hydrogen-bond donors (Lipinski definition) is 2. The second-order valence-corrected chi connectivity index (χ2v) is 3.51. The summed E-state index contributed by atoms with van der Waals surface area (Å²) in [6.45, 7) is 1.73. The molecule has 2 N–H and O–H groups in total. The number of nitrogens with one attached hydrogen (secondary N) is 1. The van der Waals surface area contributed by atoms with Gasteiger partial charge in [-0.05, 0) is 18.5 Å². The molecular weight excluding hydrogens is 265 g/mol. The molecule has 0 aliphatic carbocycles. The van der Waals surface area contributed by atoms with Gasteiger partial charge in [-0.2, -0.15) is 18.4 Å². The first-order valence-electron chi connectivity index (χ1n) is 5.10. The Balaban J connectivity index is 0.000000224. The maximum Gasteiger partial charge on any atom is 0.490 e. The summed E-state index contributed by atoms with van der Waals surface area (Å²) in [6.07, 6.45) is -2.37. The summed E-state index contributed by atoms with van der Waals surface area (Å²) in [5.41, 5.74) is 2.13. The van der Waals surface area contributed by atoms with Gasteiger partial charge in [0.2, 0.25) is 5.82 Å². The minimum Gasteiger partial charge on any atom is -0.475 e. The van der Waals surface area contributed by atoms with E-state index in [0.717, 1.165) is 30.8 Å². The molecule has 1 aromatic rings. The molecule has 1 aliphatic heterocycles. The van der Waals surface area contributed by atoms with Crippen molar-refractivity contribution in [3.8, 4) is 6.07 Å². The van der Waals surface area contributed by atoms with Gasteiger partial charge < -0.3 is 10.4 Å². The zero-order valence-corrected chi connectivity index (χ0v) is 9.53. The van der Waals surface area contributed by atoms with Gasteiger partial charge in [0.05, 0.1) is 5.69 Å². The number of halogens is 3. The smallest absolute Gasteiger partial charge is 0.475 e. The second kappa shape index (κ2) is 6.10. The highest BCUT2D eigenvalue weighted by atomic mass is 19.4. The van der Waals surface area contributed by atoms with Gasteiger partial charge >= 0.3 is 12.1 Å². The van der Waals surface area contributed by atoms with Crippen molar-refractivity contribution >= 4 is 5.97 Å². The molecule has 1 aliphatic rings. The van der Waals surface area contributed by atoms with Gasteiger partial charge in [0, 0.05) is 12.7 Å². The number of aromatic nitrogens is 2. The summed E-state index contributed by atoms with van der Waals surface area (Å²) in [7, 11) is 0. The van der Waals surface area contributed by atoms with Crippen LogP contribution >= 0.6 is 0 Å². The lowest BCUT2D eigenvalue weighted by molar-refractivity contribution is -0.192. The fourth-order valence-electron chi connectivity index (χ4n) is 1.29. The summed E-state index contributed by atoms with van der Waals surface area (Å²) in [6, 6.07) is 1.93. The Morgan fingerprint density at radius 2 is 2.16 bits per heavy atom. The molecule has 0 radical (unpaired) electrons. The second-order valence-electron chi connectivity index (χ2n) is 3.51. The lowest BCUT2D eigenvalue weighted by atomic mass is 10.1. The van der Waals surface area contributed by atoms with Crippen LogP contribution in [-0.2, 0) is 17.8 Å². The van der Waals surface area contributed by atoms with Gasteiger partial charge in [-0.1, -0.05) is 0 Å². The van der Waals surface area contributed by atoms with Gasteiger partial charge in [-0.3, -0.25) is 0 Å². The van der Waals surface area contributed by atoms with Gasteiger partial charge in [0.1, 0.15) is 6.07 Å². The number of nitrogens with zero attached hydrogens (tertiary/aromatic N) is 3. The Hall–Kier alpha value is -2.21. The van der Waals surface area contributed by atoms with Crippen LogP contribution in [0.1, 0.15) is 17.1 Å². The van der Waals surface area contributed by atoms with Gasteiger partial charge in [-0.15, -0.1) is 0 Å². The quantitative estimate of drug-likeness (QED) is 0.719. The number of nitriles is 1. The van der Waals surface area contributed by atoms with E-state index in [0.29, 0.717) is 0 Å². The summed E-state index contributed by atoms with van der Waals surface area (Å²) in [5, 5.41) is 18.9. The maximum absolute atomic E-state index is 10.6. The third-order valence-electron chi connectivity index (χ3n) is 2.16. The van der Waals surface area contributed by atoms with Crippen LogP contribution in [0.2, 0.25) is 0 Å². The van der Waals surface area contributed by atoms with E-state index in [4.69, 9.17) is 15.2 Å². The lowest BCUT2D eigenvalue weighted by Gasteiger charge is -2.14. The van der Waals surface area contributed by atoms with Crippen LogP contribution in [0.5, 0.6) is 0 Å². The first-order chi connectivity index (χ1) is 8.84.